The number of rotatable bonds is 0. The monoisotopic (exact) mass is 148 g/mol. The molecule has 0 bridgehead atoms. The normalized spacial score (nSPS) is 35.6. The van der Waals surface area contributed by atoms with Crippen LogP contribution in [0.3, 0.4) is 0 Å². The summed E-state index contributed by atoms with van der Waals surface area (Å²) in [6, 6.07) is 0. The highest BCUT2D eigenvalue weighted by Gasteiger charge is 2.30. The van der Waals surface area contributed by atoms with E-state index in [2.05, 4.69) is 0 Å². The topological polar surface area (TPSA) is 18.5 Å². The van der Waals surface area contributed by atoms with Crippen LogP contribution in [0.25, 0.3) is 0 Å². The third-order valence-electron chi connectivity index (χ3n) is 1.80. The molecule has 0 aromatic rings. The van der Waals surface area contributed by atoms with E-state index in [1.54, 1.807) is 0 Å². The molecule has 0 aromatic heterocycles. The Morgan fingerprint density at radius 3 is 1.78 bits per heavy atom. The summed E-state index contributed by atoms with van der Waals surface area (Å²) in [5, 5.41) is 0. The van der Waals surface area contributed by atoms with Gasteiger partial charge in [0, 0.05) is 11.5 Å². The Kier molecular flexibility index (Phi) is 1.43. The molecule has 0 N–H and O–H groups in total. The molecule has 0 radical (unpaired) electrons. The van der Waals surface area contributed by atoms with Crippen LogP contribution in [0.15, 0.2) is 0 Å². The van der Waals surface area contributed by atoms with Gasteiger partial charge in [0.1, 0.15) is 0 Å². The molecular weight excluding hydrogens is 136 g/mol. The minimum absolute atomic E-state index is 0.926. The molecule has 0 unspecified atom stereocenters. The lowest BCUT2D eigenvalue weighted by molar-refractivity contribution is 0.308. The second-order valence-electron chi connectivity index (χ2n) is 2.50. The lowest BCUT2D eigenvalue weighted by Gasteiger charge is -2.32. The van der Waals surface area contributed by atoms with E-state index in [1.165, 1.54) is 24.3 Å². The molecule has 2 heterocycles. The average molecular weight is 148 g/mol. The van der Waals surface area contributed by atoms with Gasteiger partial charge in [-0.05, 0) is 12.8 Å². The first-order chi connectivity index (χ1) is 4.41. The van der Waals surface area contributed by atoms with Crippen LogP contribution in [0.2, 0.25) is 0 Å². The van der Waals surface area contributed by atoms with Crippen molar-refractivity contribution in [3.05, 3.63) is 0 Å². The number of hydrogen-bond acceptors (Lipinski definition) is 2. The van der Waals surface area contributed by atoms with Crippen LogP contribution in [0.1, 0.15) is 12.8 Å². The fraction of sp³-hybridized carbons (Fsp3) is 1.00. The van der Waals surface area contributed by atoms with Crippen molar-refractivity contribution in [2.24, 2.45) is 0 Å². The molecule has 2 aliphatic rings. The Morgan fingerprint density at radius 1 is 0.889 bits per heavy atom. The Labute approximate surface area is 57.3 Å². The van der Waals surface area contributed by atoms with Crippen LogP contribution in [0, 0.1) is 0 Å². The predicted molar refractivity (Wildman–Crippen MR) is 38.5 cm³/mol. The zero-order valence-corrected chi connectivity index (χ0v) is 6.28. The van der Waals surface area contributed by atoms with Crippen molar-refractivity contribution in [3.63, 3.8) is 0 Å². The van der Waals surface area contributed by atoms with Crippen molar-refractivity contribution < 1.29 is 8.37 Å². The fourth-order valence-electron chi connectivity index (χ4n) is 1.35. The summed E-state index contributed by atoms with van der Waals surface area (Å²) >= 11 is 0. The highest BCUT2D eigenvalue weighted by Crippen LogP contribution is 2.58. The van der Waals surface area contributed by atoms with Gasteiger partial charge < -0.3 is 0 Å². The Bertz CT molecular complexity index is 86.1. The van der Waals surface area contributed by atoms with Gasteiger partial charge in [-0.1, -0.05) is 0 Å². The predicted octanol–water partition coefficient (Wildman–Crippen LogP) is 1.46. The Morgan fingerprint density at radius 2 is 1.44 bits per heavy atom. The van der Waals surface area contributed by atoms with Crippen molar-refractivity contribution >= 4 is 10.6 Å². The first kappa shape index (κ1) is 6.01. The summed E-state index contributed by atoms with van der Waals surface area (Å²) in [5.41, 5.74) is 0. The second-order valence-corrected chi connectivity index (χ2v) is 5.28. The summed E-state index contributed by atoms with van der Waals surface area (Å²) in [4.78, 5) is 0. The maximum atomic E-state index is 5.56. The summed E-state index contributed by atoms with van der Waals surface area (Å²) in [6.45, 7) is 1.88. The van der Waals surface area contributed by atoms with Gasteiger partial charge in [-0.15, -0.1) is 0 Å². The summed E-state index contributed by atoms with van der Waals surface area (Å²) < 4.78 is 11.1. The lowest BCUT2D eigenvalue weighted by atomic mass is 10.5. The Balaban J connectivity index is 2.04. The summed E-state index contributed by atoms with van der Waals surface area (Å²) in [6.07, 6.45) is 2.44. The molecule has 2 aliphatic heterocycles. The molecule has 54 valence electrons. The smallest absolute Gasteiger partial charge is 0.0728 e. The second kappa shape index (κ2) is 2.15. The molecule has 2 fully saturated rings. The molecule has 0 atom stereocenters. The van der Waals surface area contributed by atoms with Crippen LogP contribution in [-0.4, -0.2) is 24.7 Å². The van der Waals surface area contributed by atoms with Gasteiger partial charge in [-0.25, -0.2) is 0 Å². The van der Waals surface area contributed by atoms with E-state index in [-0.39, 0.29) is 0 Å². The van der Waals surface area contributed by atoms with Gasteiger partial charge in [-0.2, -0.15) is 10.6 Å². The molecule has 0 amide bonds. The minimum Gasteiger partial charge on any atom is -0.284 e. The quantitative estimate of drug-likeness (QED) is 0.518. The highest BCUT2D eigenvalue weighted by atomic mass is 32.3. The summed E-state index contributed by atoms with van der Waals surface area (Å²) in [7, 11) is -0.926. The molecule has 2 saturated heterocycles. The van der Waals surface area contributed by atoms with E-state index in [0.29, 0.717) is 0 Å². The molecule has 0 saturated carbocycles. The third kappa shape index (κ3) is 0.974. The van der Waals surface area contributed by atoms with Crippen molar-refractivity contribution in [3.8, 4) is 0 Å². The molecule has 2 rings (SSSR count). The largest absolute Gasteiger partial charge is 0.284 e. The van der Waals surface area contributed by atoms with Gasteiger partial charge in [0.25, 0.3) is 0 Å². The summed E-state index contributed by atoms with van der Waals surface area (Å²) in [5.74, 6) is 2.40. The van der Waals surface area contributed by atoms with E-state index >= 15 is 0 Å². The maximum Gasteiger partial charge on any atom is 0.0728 e. The maximum absolute atomic E-state index is 5.56. The van der Waals surface area contributed by atoms with Crippen LogP contribution in [-0.2, 0) is 8.37 Å². The molecule has 1 spiro atoms. The average Bonchev–Trinajstić information content (AvgIpc) is 2.45. The zero-order chi connectivity index (χ0) is 6.16. The van der Waals surface area contributed by atoms with Gasteiger partial charge in [0.05, 0.1) is 13.2 Å². The van der Waals surface area contributed by atoms with Crippen LogP contribution >= 0.6 is 10.6 Å². The van der Waals surface area contributed by atoms with Crippen molar-refractivity contribution in [1.82, 2.24) is 0 Å². The zero-order valence-electron chi connectivity index (χ0n) is 5.47. The van der Waals surface area contributed by atoms with Crippen molar-refractivity contribution in [2.45, 2.75) is 12.8 Å². The molecule has 9 heavy (non-hydrogen) atoms. The van der Waals surface area contributed by atoms with Gasteiger partial charge in [0.2, 0.25) is 0 Å². The van der Waals surface area contributed by atoms with Crippen LogP contribution < -0.4 is 0 Å². The molecule has 2 nitrogen and oxygen atoms in total. The fourth-order valence-corrected chi connectivity index (χ4v) is 4.05. The van der Waals surface area contributed by atoms with Gasteiger partial charge in [-0.3, -0.25) is 8.37 Å². The molecule has 3 heteroatoms. The van der Waals surface area contributed by atoms with Gasteiger partial charge >= 0.3 is 0 Å². The van der Waals surface area contributed by atoms with E-state index in [0.717, 1.165) is 13.2 Å². The van der Waals surface area contributed by atoms with Crippen LogP contribution in [0.4, 0.5) is 0 Å². The van der Waals surface area contributed by atoms with Crippen molar-refractivity contribution in [1.29, 1.82) is 0 Å². The molecular formula is C6H12O2S. The van der Waals surface area contributed by atoms with E-state index in [1.807, 2.05) is 0 Å². The SMILES string of the molecule is C1COS2(C1)CCCO2. The molecule has 0 aromatic carbocycles. The Hall–Kier alpha value is 0.270. The van der Waals surface area contributed by atoms with Crippen molar-refractivity contribution in [2.75, 3.05) is 24.7 Å². The standard InChI is InChI=1S/C6H12O2S/c1-3-7-9(5-1)6-2-4-8-9/h1-6H2. The van der Waals surface area contributed by atoms with E-state index in [4.69, 9.17) is 8.37 Å². The minimum atomic E-state index is -0.926. The highest BCUT2D eigenvalue weighted by molar-refractivity contribution is 8.26. The lowest BCUT2D eigenvalue weighted by Crippen LogP contribution is -1.99. The van der Waals surface area contributed by atoms with Gasteiger partial charge in [0.15, 0.2) is 0 Å². The van der Waals surface area contributed by atoms with E-state index in [9.17, 15) is 0 Å². The molecule has 0 aliphatic carbocycles. The third-order valence-corrected chi connectivity index (χ3v) is 4.81. The first-order valence-corrected chi connectivity index (χ1v) is 5.31. The van der Waals surface area contributed by atoms with E-state index < -0.39 is 10.6 Å². The first-order valence-electron chi connectivity index (χ1n) is 3.49. The van der Waals surface area contributed by atoms with Crippen LogP contribution in [0.5, 0.6) is 0 Å². The number of hydrogen-bond donors (Lipinski definition) is 0.